The van der Waals surface area contributed by atoms with Crippen LogP contribution in [0.15, 0.2) is 18.2 Å². The highest BCUT2D eigenvalue weighted by Crippen LogP contribution is 2.24. The SMILES string of the molecule is CCc1cccc(CC)c1NC(=O)CN1CCCCC1CC(=O)OC. The van der Waals surface area contributed by atoms with Crippen molar-refractivity contribution in [3.05, 3.63) is 29.3 Å². The number of aryl methyl sites for hydroxylation is 2. The molecule has 0 aliphatic carbocycles. The summed E-state index contributed by atoms with van der Waals surface area (Å²) in [6.45, 7) is 5.37. The minimum atomic E-state index is -0.207. The normalized spacial score (nSPS) is 18.0. The van der Waals surface area contributed by atoms with Gasteiger partial charge in [0, 0.05) is 11.7 Å². The molecule has 0 aromatic heterocycles. The zero-order chi connectivity index (χ0) is 18.2. The standard InChI is InChI=1S/C20H30N2O3/c1-4-15-9-8-10-16(5-2)20(15)21-18(23)14-22-12-7-6-11-17(22)13-19(24)25-3/h8-10,17H,4-7,11-14H2,1-3H3,(H,21,23). The second kappa shape index (κ2) is 9.56. The van der Waals surface area contributed by atoms with E-state index >= 15 is 0 Å². The Bertz CT molecular complexity index is 578. The highest BCUT2D eigenvalue weighted by Gasteiger charge is 2.27. The summed E-state index contributed by atoms with van der Waals surface area (Å²) in [4.78, 5) is 26.4. The lowest BCUT2D eigenvalue weighted by molar-refractivity contribution is -0.142. The number of esters is 1. The number of para-hydroxylation sites is 1. The van der Waals surface area contributed by atoms with Crippen molar-refractivity contribution in [3.63, 3.8) is 0 Å². The lowest BCUT2D eigenvalue weighted by Gasteiger charge is -2.34. The Balaban J connectivity index is 2.04. The van der Waals surface area contributed by atoms with Crippen LogP contribution in [0.3, 0.4) is 0 Å². The van der Waals surface area contributed by atoms with E-state index in [0.29, 0.717) is 13.0 Å². The first-order valence-corrected chi connectivity index (χ1v) is 9.30. The molecule has 1 fully saturated rings. The van der Waals surface area contributed by atoms with Crippen molar-refractivity contribution in [1.82, 2.24) is 4.90 Å². The van der Waals surface area contributed by atoms with Crippen molar-refractivity contribution < 1.29 is 14.3 Å². The lowest BCUT2D eigenvalue weighted by Crippen LogP contribution is -2.45. The minimum Gasteiger partial charge on any atom is -0.469 e. The Morgan fingerprint density at radius 2 is 1.88 bits per heavy atom. The summed E-state index contributed by atoms with van der Waals surface area (Å²) in [6.07, 6.45) is 5.23. The summed E-state index contributed by atoms with van der Waals surface area (Å²) >= 11 is 0. The number of benzene rings is 1. The number of anilines is 1. The molecule has 25 heavy (non-hydrogen) atoms. The van der Waals surface area contributed by atoms with Gasteiger partial charge >= 0.3 is 5.97 Å². The Hall–Kier alpha value is -1.88. The zero-order valence-electron chi connectivity index (χ0n) is 15.6. The van der Waals surface area contributed by atoms with Crippen LogP contribution in [0.25, 0.3) is 0 Å². The van der Waals surface area contributed by atoms with E-state index < -0.39 is 0 Å². The fraction of sp³-hybridized carbons (Fsp3) is 0.600. The number of likely N-dealkylation sites (tertiary alicyclic amines) is 1. The van der Waals surface area contributed by atoms with E-state index in [1.807, 2.05) is 6.07 Å². The zero-order valence-corrected chi connectivity index (χ0v) is 15.6. The number of piperidine rings is 1. The number of hydrogen-bond donors (Lipinski definition) is 1. The number of nitrogens with zero attached hydrogens (tertiary/aromatic N) is 1. The molecule has 0 bridgehead atoms. The van der Waals surface area contributed by atoms with Gasteiger partial charge in [-0.15, -0.1) is 0 Å². The molecule has 1 aliphatic rings. The number of amides is 1. The van der Waals surface area contributed by atoms with E-state index in [9.17, 15) is 9.59 Å². The second-order valence-corrected chi connectivity index (χ2v) is 6.61. The number of carbonyl (C=O) groups excluding carboxylic acids is 2. The van der Waals surface area contributed by atoms with Crippen molar-refractivity contribution in [3.8, 4) is 0 Å². The van der Waals surface area contributed by atoms with Crippen molar-refractivity contribution in [2.24, 2.45) is 0 Å². The van der Waals surface area contributed by atoms with Gasteiger partial charge in [0.1, 0.15) is 0 Å². The molecule has 1 heterocycles. The third-order valence-electron chi connectivity index (χ3n) is 4.99. The first-order valence-electron chi connectivity index (χ1n) is 9.30. The maximum Gasteiger partial charge on any atom is 0.307 e. The number of ether oxygens (including phenoxy) is 1. The predicted molar refractivity (Wildman–Crippen MR) is 99.7 cm³/mol. The van der Waals surface area contributed by atoms with Crippen LogP contribution in [0.2, 0.25) is 0 Å². The fourth-order valence-corrected chi connectivity index (χ4v) is 3.54. The summed E-state index contributed by atoms with van der Waals surface area (Å²) in [7, 11) is 1.41. The van der Waals surface area contributed by atoms with Crippen molar-refractivity contribution in [2.45, 2.75) is 58.4 Å². The third-order valence-corrected chi connectivity index (χ3v) is 4.99. The van der Waals surface area contributed by atoms with Gasteiger partial charge in [-0.2, -0.15) is 0 Å². The van der Waals surface area contributed by atoms with Gasteiger partial charge in [0.05, 0.1) is 20.1 Å². The van der Waals surface area contributed by atoms with Gasteiger partial charge in [0.25, 0.3) is 0 Å². The van der Waals surface area contributed by atoms with Gasteiger partial charge in [0.15, 0.2) is 0 Å². The van der Waals surface area contributed by atoms with Crippen LogP contribution in [0.5, 0.6) is 0 Å². The van der Waals surface area contributed by atoms with Gasteiger partial charge in [-0.25, -0.2) is 0 Å². The molecule has 5 heteroatoms. The topological polar surface area (TPSA) is 58.6 Å². The molecule has 1 amide bonds. The molecule has 1 atom stereocenters. The van der Waals surface area contributed by atoms with E-state index in [4.69, 9.17) is 4.74 Å². The second-order valence-electron chi connectivity index (χ2n) is 6.61. The van der Waals surface area contributed by atoms with Crippen LogP contribution >= 0.6 is 0 Å². The van der Waals surface area contributed by atoms with Crippen LogP contribution in [-0.2, 0) is 27.2 Å². The van der Waals surface area contributed by atoms with Gasteiger partial charge in [-0.05, 0) is 43.4 Å². The molecule has 1 aromatic carbocycles. The largest absolute Gasteiger partial charge is 0.469 e. The summed E-state index contributed by atoms with van der Waals surface area (Å²) in [5, 5.41) is 3.12. The summed E-state index contributed by atoms with van der Waals surface area (Å²) in [5.74, 6) is -0.214. The molecule has 2 rings (SSSR count). The molecule has 5 nitrogen and oxygen atoms in total. The Kier molecular flexibility index (Phi) is 7.44. The van der Waals surface area contributed by atoms with Crippen molar-refractivity contribution in [2.75, 3.05) is 25.5 Å². The summed E-state index contributed by atoms with van der Waals surface area (Å²) in [6, 6.07) is 6.27. The molecule has 1 aliphatic heterocycles. The Labute approximate surface area is 150 Å². The smallest absolute Gasteiger partial charge is 0.307 e. The first kappa shape index (κ1) is 19.4. The van der Waals surface area contributed by atoms with Crippen molar-refractivity contribution >= 4 is 17.6 Å². The molecule has 0 saturated carbocycles. The number of hydrogen-bond acceptors (Lipinski definition) is 4. The van der Waals surface area contributed by atoms with Crippen molar-refractivity contribution in [1.29, 1.82) is 0 Å². The molecule has 1 saturated heterocycles. The molecular weight excluding hydrogens is 316 g/mol. The third kappa shape index (κ3) is 5.30. The summed E-state index contributed by atoms with van der Waals surface area (Å²) < 4.78 is 4.80. The Morgan fingerprint density at radius 3 is 2.48 bits per heavy atom. The average Bonchev–Trinajstić information content (AvgIpc) is 2.63. The first-order chi connectivity index (χ1) is 12.1. The highest BCUT2D eigenvalue weighted by atomic mass is 16.5. The van der Waals surface area contributed by atoms with Gasteiger partial charge < -0.3 is 10.1 Å². The van der Waals surface area contributed by atoms with Crippen LogP contribution in [0.1, 0.15) is 50.7 Å². The molecule has 1 aromatic rings. The molecule has 138 valence electrons. The molecular formula is C20H30N2O3. The lowest BCUT2D eigenvalue weighted by atomic mass is 9.99. The van der Waals surface area contributed by atoms with E-state index in [-0.39, 0.29) is 17.9 Å². The van der Waals surface area contributed by atoms with E-state index in [2.05, 4.69) is 36.2 Å². The maximum absolute atomic E-state index is 12.6. The van der Waals surface area contributed by atoms with Crippen LogP contribution in [-0.4, -0.2) is 43.0 Å². The quantitative estimate of drug-likeness (QED) is 0.771. The molecule has 0 spiro atoms. The number of nitrogens with one attached hydrogen (secondary N) is 1. The molecule has 0 radical (unpaired) electrons. The average molecular weight is 346 g/mol. The Morgan fingerprint density at radius 1 is 1.20 bits per heavy atom. The van der Waals surface area contributed by atoms with Gasteiger partial charge in [-0.3, -0.25) is 14.5 Å². The molecule has 1 unspecified atom stereocenters. The van der Waals surface area contributed by atoms with E-state index in [0.717, 1.165) is 55.5 Å². The monoisotopic (exact) mass is 346 g/mol. The molecule has 1 N–H and O–H groups in total. The summed E-state index contributed by atoms with van der Waals surface area (Å²) in [5.41, 5.74) is 3.29. The van der Waals surface area contributed by atoms with E-state index in [1.54, 1.807) is 0 Å². The van der Waals surface area contributed by atoms with Crippen LogP contribution < -0.4 is 5.32 Å². The fourth-order valence-electron chi connectivity index (χ4n) is 3.54. The van der Waals surface area contributed by atoms with Gasteiger partial charge in [0.2, 0.25) is 5.91 Å². The minimum absolute atomic E-state index is 0.00707. The van der Waals surface area contributed by atoms with Crippen LogP contribution in [0.4, 0.5) is 5.69 Å². The maximum atomic E-state index is 12.6. The number of methoxy groups -OCH3 is 1. The number of carbonyl (C=O) groups is 2. The van der Waals surface area contributed by atoms with Crippen LogP contribution in [0, 0.1) is 0 Å². The van der Waals surface area contributed by atoms with E-state index in [1.165, 1.54) is 7.11 Å². The predicted octanol–water partition coefficient (Wildman–Crippen LogP) is 3.17. The highest BCUT2D eigenvalue weighted by molar-refractivity contribution is 5.94. The number of rotatable bonds is 7. The van der Waals surface area contributed by atoms with Gasteiger partial charge in [-0.1, -0.05) is 38.5 Å².